The van der Waals surface area contributed by atoms with Crippen LogP contribution in [0.25, 0.3) is 0 Å². The van der Waals surface area contributed by atoms with E-state index >= 15 is 0 Å². The fourth-order valence-electron chi connectivity index (χ4n) is 2.44. The van der Waals surface area contributed by atoms with Gasteiger partial charge in [-0.15, -0.1) is 0 Å². The normalized spacial score (nSPS) is 13.5. The van der Waals surface area contributed by atoms with Crippen molar-refractivity contribution in [1.29, 1.82) is 0 Å². The molecule has 0 spiro atoms. The molecule has 22 heavy (non-hydrogen) atoms. The third-order valence-corrected chi connectivity index (χ3v) is 3.46. The first kappa shape index (κ1) is 16.5. The molecular weight excluding hydrogens is 291 g/mol. The number of hydrogen-bond acceptors (Lipinski definition) is 2. The summed E-state index contributed by atoms with van der Waals surface area (Å²) in [4.78, 5) is 4.03. The van der Waals surface area contributed by atoms with Crippen molar-refractivity contribution >= 4 is 0 Å². The number of halogens is 3. The third-order valence-electron chi connectivity index (χ3n) is 3.46. The number of benzene rings is 1. The van der Waals surface area contributed by atoms with Gasteiger partial charge in [0.2, 0.25) is 0 Å². The van der Waals surface area contributed by atoms with Crippen LogP contribution in [-0.2, 0) is 13.1 Å². The Hall–Kier alpha value is -1.82. The zero-order chi connectivity index (χ0) is 16.2. The summed E-state index contributed by atoms with van der Waals surface area (Å²) in [6.07, 6.45) is -1.49. The Labute approximate surface area is 128 Å². The fourth-order valence-corrected chi connectivity index (χ4v) is 2.44. The lowest BCUT2D eigenvalue weighted by atomic mass is 9.96. The van der Waals surface area contributed by atoms with E-state index in [0.29, 0.717) is 18.3 Å². The topological polar surface area (TPSA) is 29.9 Å². The van der Waals surface area contributed by atoms with Crippen LogP contribution in [0.2, 0.25) is 0 Å². The lowest BCUT2D eigenvalue weighted by Gasteiger charge is -2.23. The zero-order valence-electron chi connectivity index (χ0n) is 12.6. The van der Waals surface area contributed by atoms with Crippen LogP contribution < -0.4 is 5.32 Å². The van der Waals surface area contributed by atoms with Crippen LogP contribution in [0.15, 0.2) is 42.7 Å². The second-order valence-electron chi connectivity index (χ2n) is 5.60. The van der Waals surface area contributed by atoms with Crippen LogP contribution in [0.1, 0.15) is 31.3 Å². The number of nitrogens with zero attached hydrogens (tertiary/aromatic N) is 2. The lowest BCUT2D eigenvalue weighted by molar-refractivity contribution is -0.141. The summed E-state index contributed by atoms with van der Waals surface area (Å²) < 4.78 is 38.7. The Bertz CT molecular complexity index is 576. The predicted octanol–water partition coefficient (Wildman–Crippen LogP) is 3.93. The molecule has 1 aromatic carbocycles. The number of rotatable bonds is 6. The first-order valence-electron chi connectivity index (χ1n) is 7.22. The Morgan fingerprint density at radius 1 is 1.18 bits per heavy atom. The first-order valence-corrected chi connectivity index (χ1v) is 7.22. The minimum Gasteiger partial charge on any atom is -0.325 e. The number of nitrogens with one attached hydrogen (secondary N) is 1. The van der Waals surface area contributed by atoms with E-state index in [9.17, 15) is 13.2 Å². The zero-order valence-corrected chi connectivity index (χ0v) is 12.6. The van der Waals surface area contributed by atoms with Gasteiger partial charge < -0.3 is 9.88 Å². The van der Waals surface area contributed by atoms with Gasteiger partial charge in [-0.05, 0) is 11.5 Å². The van der Waals surface area contributed by atoms with Gasteiger partial charge in [-0.1, -0.05) is 44.2 Å². The second kappa shape index (κ2) is 6.96. The highest BCUT2D eigenvalue weighted by Gasteiger charge is 2.29. The molecule has 0 fully saturated rings. The molecule has 0 radical (unpaired) electrons. The average Bonchev–Trinajstić information content (AvgIpc) is 2.85. The van der Waals surface area contributed by atoms with E-state index in [0.717, 1.165) is 10.1 Å². The number of alkyl halides is 3. The Morgan fingerprint density at radius 3 is 2.45 bits per heavy atom. The molecule has 2 rings (SSSR count). The molecule has 1 atom stereocenters. The molecule has 1 aromatic heterocycles. The van der Waals surface area contributed by atoms with Gasteiger partial charge in [-0.25, -0.2) is 4.98 Å². The van der Waals surface area contributed by atoms with Crippen LogP contribution >= 0.6 is 0 Å². The standard InChI is InChI=1S/C16H20F3N3/c1-12(2)15(13-6-4-3-5-7-13)21-10-14-20-8-9-22(14)11-16(17,18)19/h3-9,12,15,21H,10-11H2,1-2H3/t15-/m1/s1. The highest BCUT2D eigenvalue weighted by atomic mass is 19.4. The summed E-state index contributed by atoms with van der Waals surface area (Å²) in [5.41, 5.74) is 1.12. The molecule has 6 heteroatoms. The molecule has 2 aromatic rings. The van der Waals surface area contributed by atoms with Crippen molar-refractivity contribution in [2.45, 2.75) is 39.2 Å². The van der Waals surface area contributed by atoms with Gasteiger partial charge in [-0.2, -0.15) is 13.2 Å². The second-order valence-corrected chi connectivity index (χ2v) is 5.60. The summed E-state index contributed by atoms with van der Waals surface area (Å²) in [5, 5.41) is 3.31. The minimum absolute atomic E-state index is 0.0669. The van der Waals surface area contributed by atoms with E-state index in [2.05, 4.69) is 24.1 Å². The van der Waals surface area contributed by atoms with Crippen LogP contribution in [-0.4, -0.2) is 15.7 Å². The molecule has 0 bridgehead atoms. The van der Waals surface area contributed by atoms with E-state index in [1.54, 1.807) is 0 Å². The maximum atomic E-state index is 12.5. The molecule has 1 N–H and O–H groups in total. The first-order chi connectivity index (χ1) is 10.4. The molecule has 0 saturated heterocycles. The molecule has 120 valence electrons. The van der Waals surface area contributed by atoms with Gasteiger partial charge in [0.15, 0.2) is 0 Å². The van der Waals surface area contributed by atoms with Crippen molar-refractivity contribution < 1.29 is 13.2 Å². The highest BCUT2D eigenvalue weighted by molar-refractivity contribution is 5.19. The van der Waals surface area contributed by atoms with Crippen LogP contribution in [0.4, 0.5) is 13.2 Å². The van der Waals surface area contributed by atoms with Crippen LogP contribution in [0.3, 0.4) is 0 Å². The van der Waals surface area contributed by atoms with Crippen molar-refractivity contribution in [1.82, 2.24) is 14.9 Å². The van der Waals surface area contributed by atoms with Crippen molar-refractivity contribution in [3.63, 3.8) is 0 Å². The van der Waals surface area contributed by atoms with Gasteiger partial charge in [-0.3, -0.25) is 0 Å². The predicted molar refractivity (Wildman–Crippen MR) is 79.1 cm³/mol. The molecule has 0 unspecified atom stereocenters. The smallest absolute Gasteiger partial charge is 0.325 e. The van der Waals surface area contributed by atoms with Crippen LogP contribution in [0.5, 0.6) is 0 Å². The molecule has 0 saturated carbocycles. The third kappa shape index (κ3) is 4.59. The van der Waals surface area contributed by atoms with Crippen molar-refractivity contribution in [3.8, 4) is 0 Å². The number of imidazole rings is 1. The van der Waals surface area contributed by atoms with Gasteiger partial charge in [0, 0.05) is 18.4 Å². The van der Waals surface area contributed by atoms with Crippen molar-refractivity contribution in [3.05, 3.63) is 54.1 Å². The maximum Gasteiger partial charge on any atom is 0.406 e. The summed E-state index contributed by atoms with van der Waals surface area (Å²) in [5.74, 6) is 0.701. The van der Waals surface area contributed by atoms with Gasteiger partial charge >= 0.3 is 6.18 Å². The Kier molecular flexibility index (Phi) is 5.24. The van der Waals surface area contributed by atoms with Crippen molar-refractivity contribution in [2.75, 3.05) is 0 Å². The van der Waals surface area contributed by atoms with Crippen LogP contribution in [0, 0.1) is 5.92 Å². The largest absolute Gasteiger partial charge is 0.406 e. The van der Waals surface area contributed by atoms with E-state index < -0.39 is 12.7 Å². The SMILES string of the molecule is CC(C)[C@@H](NCc1nccn1CC(F)(F)F)c1ccccc1. The van der Waals surface area contributed by atoms with E-state index in [4.69, 9.17) is 0 Å². The van der Waals surface area contributed by atoms with E-state index in [1.807, 2.05) is 30.3 Å². The molecule has 0 aliphatic carbocycles. The summed E-state index contributed by atoms with van der Waals surface area (Å²) in [6.45, 7) is 3.43. The lowest BCUT2D eigenvalue weighted by Crippen LogP contribution is -2.28. The molecular formula is C16H20F3N3. The summed E-state index contributed by atoms with van der Waals surface area (Å²) in [7, 11) is 0. The highest BCUT2D eigenvalue weighted by Crippen LogP contribution is 2.22. The van der Waals surface area contributed by atoms with E-state index in [-0.39, 0.29) is 6.04 Å². The molecule has 0 aliphatic rings. The fraction of sp³-hybridized carbons (Fsp3) is 0.438. The summed E-state index contributed by atoms with van der Waals surface area (Å²) >= 11 is 0. The minimum atomic E-state index is -4.24. The average molecular weight is 311 g/mol. The van der Waals surface area contributed by atoms with E-state index in [1.165, 1.54) is 12.4 Å². The Morgan fingerprint density at radius 2 is 1.86 bits per heavy atom. The molecule has 0 aliphatic heterocycles. The quantitative estimate of drug-likeness (QED) is 0.876. The van der Waals surface area contributed by atoms with Crippen molar-refractivity contribution in [2.24, 2.45) is 5.92 Å². The molecule has 0 amide bonds. The van der Waals surface area contributed by atoms with Gasteiger partial charge in [0.05, 0.1) is 6.54 Å². The Balaban J connectivity index is 2.06. The number of aromatic nitrogens is 2. The van der Waals surface area contributed by atoms with Gasteiger partial charge in [0.25, 0.3) is 0 Å². The monoisotopic (exact) mass is 311 g/mol. The molecule has 3 nitrogen and oxygen atoms in total. The maximum absolute atomic E-state index is 12.5. The number of hydrogen-bond donors (Lipinski definition) is 1. The molecule has 1 heterocycles. The summed E-state index contributed by atoms with van der Waals surface area (Å²) in [6, 6.07) is 9.95. The van der Waals surface area contributed by atoms with Gasteiger partial charge in [0.1, 0.15) is 12.4 Å².